The van der Waals surface area contributed by atoms with E-state index in [9.17, 15) is 8.78 Å². The summed E-state index contributed by atoms with van der Waals surface area (Å²) in [5.41, 5.74) is 6.72. The summed E-state index contributed by atoms with van der Waals surface area (Å²) in [6.45, 7) is -0.663. The van der Waals surface area contributed by atoms with Crippen LogP contribution in [0.3, 0.4) is 0 Å². The monoisotopic (exact) mass is 429 g/mol. The van der Waals surface area contributed by atoms with E-state index in [1.54, 1.807) is 18.2 Å². The Hall–Kier alpha value is -0.770. The quantitative estimate of drug-likeness (QED) is 0.455. The van der Waals surface area contributed by atoms with Crippen molar-refractivity contribution in [3.63, 3.8) is 0 Å². The van der Waals surface area contributed by atoms with E-state index in [0.717, 1.165) is 30.2 Å². The van der Waals surface area contributed by atoms with Crippen molar-refractivity contribution in [1.82, 2.24) is 4.90 Å². The van der Waals surface area contributed by atoms with Crippen molar-refractivity contribution in [3.8, 4) is 5.75 Å². The van der Waals surface area contributed by atoms with Crippen molar-refractivity contribution >= 4 is 41.7 Å². The zero-order valence-electron chi connectivity index (χ0n) is 11.4. The predicted molar refractivity (Wildman–Crippen MR) is 92.7 cm³/mol. The summed E-state index contributed by atoms with van der Waals surface area (Å²) in [6.07, 6.45) is 0. The summed E-state index contributed by atoms with van der Waals surface area (Å²) < 4.78 is 28.6. The van der Waals surface area contributed by atoms with Crippen molar-refractivity contribution in [1.29, 1.82) is 0 Å². The molecule has 1 fully saturated rings. The molecule has 1 aromatic carbocycles. The molecule has 21 heavy (non-hydrogen) atoms. The van der Waals surface area contributed by atoms with Crippen molar-refractivity contribution < 1.29 is 13.5 Å². The molecule has 0 bridgehead atoms. The van der Waals surface area contributed by atoms with E-state index in [2.05, 4.69) is 9.73 Å². The molecule has 0 amide bonds. The Morgan fingerprint density at radius 1 is 1.38 bits per heavy atom. The van der Waals surface area contributed by atoms with Gasteiger partial charge in [0.25, 0.3) is 0 Å². The molecule has 4 nitrogen and oxygen atoms in total. The molecule has 118 valence electrons. The minimum Gasteiger partial charge on any atom is -0.435 e. The zero-order valence-corrected chi connectivity index (χ0v) is 14.5. The molecule has 1 aliphatic heterocycles. The summed E-state index contributed by atoms with van der Waals surface area (Å²) in [6, 6.07) is 6.51. The number of rotatable bonds is 4. The molecule has 8 heteroatoms. The lowest BCUT2D eigenvalue weighted by Gasteiger charge is -2.27. The highest BCUT2D eigenvalue weighted by Gasteiger charge is 2.12. The number of hydrogen-bond acceptors (Lipinski definition) is 3. The van der Waals surface area contributed by atoms with Gasteiger partial charge in [-0.3, -0.25) is 0 Å². The average Bonchev–Trinajstić information content (AvgIpc) is 2.45. The van der Waals surface area contributed by atoms with Gasteiger partial charge in [-0.2, -0.15) is 20.5 Å². The van der Waals surface area contributed by atoms with Crippen LogP contribution in [0.2, 0.25) is 0 Å². The smallest absolute Gasteiger partial charge is 0.387 e. The van der Waals surface area contributed by atoms with Gasteiger partial charge in [-0.05, 0) is 17.7 Å². The van der Waals surface area contributed by atoms with Gasteiger partial charge in [0.1, 0.15) is 5.75 Å². The summed E-state index contributed by atoms with van der Waals surface area (Å²) in [5, 5.41) is 0. The number of nitrogens with zero attached hydrogens (tertiary/aromatic N) is 2. The topological polar surface area (TPSA) is 50.9 Å². The molecular weight excluding hydrogens is 411 g/mol. The summed E-state index contributed by atoms with van der Waals surface area (Å²) in [4.78, 5) is 6.34. The molecule has 0 aromatic heterocycles. The second-order valence-corrected chi connectivity index (χ2v) is 5.52. The molecule has 2 rings (SSSR count). The number of alkyl halides is 2. The molecule has 0 aliphatic carbocycles. The molecule has 1 heterocycles. The minimum absolute atomic E-state index is 0. The molecule has 0 unspecified atom stereocenters. The van der Waals surface area contributed by atoms with Crippen LogP contribution in [-0.4, -0.2) is 42.1 Å². The van der Waals surface area contributed by atoms with Crippen LogP contribution in [0.1, 0.15) is 5.56 Å². The van der Waals surface area contributed by atoms with Crippen LogP contribution >= 0.6 is 35.7 Å². The predicted octanol–water partition coefficient (Wildman–Crippen LogP) is 2.77. The third-order valence-corrected chi connectivity index (χ3v) is 3.82. The first-order valence-electron chi connectivity index (χ1n) is 6.31. The third kappa shape index (κ3) is 6.25. The third-order valence-electron chi connectivity index (χ3n) is 2.88. The Kier molecular flexibility index (Phi) is 8.09. The molecule has 0 radical (unpaired) electrons. The number of benzene rings is 1. The van der Waals surface area contributed by atoms with E-state index >= 15 is 0 Å². The van der Waals surface area contributed by atoms with E-state index in [4.69, 9.17) is 5.73 Å². The van der Waals surface area contributed by atoms with Crippen LogP contribution in [-0.2, 0) is 6.54 Å². The lowest BCUT2D eigenvalue weighted by molar-refractivity contribution is -0.0498. The highest BCUT2D eigenvalue weighted by molar-refractivity contribution is 14.0. The van der Waals surface area contributed by atoms with Gasteiger partial charge in [-0.1, -0.05) is 12.1 Å². The number of nitrogens with two attached hydrogens (primary N) is 1. The molecule has 0 saturated carbocycles. The average molecular weight is 429 g/mol. The van der Waals surface area contributed by atoms with Crippen LogP contribution in [0.25, 0.3) is 0 Å². The van der Waals surface area contributed by atoms with Crippen molar-refractivity contribution in [2.24, 2.45) is 10.7 Å². The summed E-state index contributed by atoms with van der Waals surface area (Å²) in [7, 11) is 0. The fourth-order valence-corrected chi connectivity index (χ4v) is 2.79. The van der Waals surface area contributed by atoms with Crippen LogP contribution in [0.15, 0.2) is 29.3 Å². The van der Waals surface area contributed by atoms with E-state index < -0.39 is 6.61 Å². The second kappa shape index (κ2) is 9.29. The van der Waals surface area contributed by atoms with Crippen LogP contribution < -0.4 is 10.5 Å². The maximum Gasteiger partial charge on any atom is 0.387 e. The van der Waals surface area contributed by atoms with Crippen molar-refractivity contribution in [2.75, 3.05) is 24.6 Å². The molecule has 1 aromatic rings. The first-order chi connectivity index (χ1) is 9.65. The van der Waals surface area contributed by atoms with Gasteiger partial charge in [0.15, 0.2) is 5.96 Å². The summed E-state index contributed by atoms with van der Waals surface area (Å²) >= 11 is 1.90. The van der Waals surface area contributed by atoms with E-state index in [1.165, 1.54) is 6.07 Å². The number of thioether (sulfide) groups is 1. The minimum atomic E-state index is -2.82. The lowest BCUT2D eigenvalue weighted by Crippen LogP contribution is -2.42. The van der Waals surface area contributed by atoms with Crippen LogP contribution in [0.5, 0.6) is 5.75 Å². The Morgan fingerprint density at radius 2 is 2.10 bits per heavy atom. The number of hydrogen-bond donors (Lipinski definition) is 1. The van der Waals surface area contributed by atoms with Gasteiger partial charge >= 0.3 is 6.61 Å². The Balaban J connectivity index is 0.00000220. The SMILES string of the molecule is I.NC(=NCc1cccc(OC(F)F)c1)N1CCSCC1. The van der Waals surface area contributed by atoms with Gasteiger partial charge in [-0.15, -0.1) is 24.0 Å². The first kappa shape index (κ1) is 18.3. The number of halogens is 3. The van der Waals surface area contributed by atoms with Crippen LogP contribution in [0.4, 0.5) is 8.78 Å². The maximum atomic E-state index is 12.1. The van der Waals surface area contributed by atoms with Crippen molar-refractivity contribution in [3.05, 3.63) is 29.8 Å². The van der Waals surface area contributed by atoms with E-state index in [1.807, 2.05) is 16.7 Å². The van der Waals surface area contributed by atoms with E-state index in [-0.39, 0.29) is 29.7 Å². The highest BCUT2D eigenvalue weighted by Crippen LogP contribution is 2.16. The normalized spacial score (nSPS) is 15.8. The lowest BCUT2D eigenvalue weighted by atomic mass is 10.2. The number of aliphatic imine (C=N–C) groups is 1. The number of guanidine groups is 1. The Bertz CT molecular complexity index is 470. The molecular formula is C13H18F2IN3OS. The molecule has 0 spiro atoms. The summed E-state index contributed by atoms with van der Waals surface area (Å²) in [5.74, 6) is 2.74. The van der Waals surface area contributed by atoms with Crippen molar-refractivity contribution in [2.45, 2.75) is 13.2 Å². The largest absolute Gasteiger partial charge is 0.435 e. The molecule has 2 N–H and O–H groups in total. The van der Waals surface area contributed by atoms with Crippen LogP contribution in [0, 0.1) is 0 Å². The fourth-order valence-electron chi connectivity index (χ4n) is 1.88. The molecule has 0 atom stereocenters. The second-order valence-electron chi connectivity index (χ2n) is 4.30. The standard InChI is InChI=1S/C13H17F2N3OS.HI/c14-12(15)19-11-3-1-2-10(8-11)9-17-13(16)18-4-6-20-7-5-18;/h1-3,8,12H,4-7,9H2,(H2,16,17);1H. The fraction of sp³-hybridized carbons (Fsp3) is 0.462. The first-order valence-corrected chi connectivity index (χ1v) is 7.47. The maximum absolute atomic E-state index is 12.1. The zero-order chi connectivity index (χ0) is 14.4. The number of ether oxygens (including phenoxy) is 1. The molecule has 1 saturated heterocycles. The Labute approximate surface area is 144 Å². The van der Waals surface area contributed by atoms with Gasteiger partial charge in [-0.25, -0.2) is 4.99 Å². The molecule has 1 aliphatic rings. The Morgan fingerprint density at radius 3 is 2.76 bits per heavy atom. The van der Waals surface area contributed by atoms with Gasteiger partial charge in [0, 0.05) is 24.6 Å². The van der Waals surface area contributed by atoms with E-state index in [0.29, 0.717) is 12.5 Å². The van der Waals surface area contributed by atoms with Gasteiger partial charge in [0.2, 0.25) is 0 Å². The highest BCUT2D eigenvalue weighted by atomic mass is 127. The van der Waals surface area contributed by atoms with Gasteiger partial charge in [0.05, 0.1) is 6.54 Å². The van der Waals surface area contributed by atoms with Gasteiger partial charge < -0.3 is 15.4 Å².